The topological polar surface area (TPSA) is 69.4 Å². The molecule has 0 unspecified atom stereocenters. The van der Waals surface area contributed by atoms with E-state index in [1.54, 1.807) is 11.6 Å². The zero-order valence-corrected chi connectivity index (χ0v) is 19.5. The summed E-state index contributed by atoms with van der Waals surface area (Å²) >= 11 is 0. The molecule has 0 amide bonds. The lowest BCUT2D eigenvalue weighted by Gasteiger charge is -2.33. The lowest BCUT2D eigenvalue weighted by atomic mass is 10.0. The molecule has 0 bridgehead atoms. The van der Waals surface area contributed by atoms with Gasteiger partial charge in [0.05, 0.1) is 5.52 Å². The molecule has 4 aromatic rings. The molecule has 1 fully saturated rings. The SMILES string of the molecule is Cc1ccc2c(n1)n(C1CCN(Cc3ccc(Oc4ccccc4)cc3)CC1)c(=O)c(=O)n2C. The van der Waals surface area contributed by atoms with Crippen molar-refractivity contribution in [1.29, 1.82) is 0 Å². The minimum Gasteiger partial charge on any atom is -0.457 e. The van der Waals surface area contributed by atoms with Gasteiger partial charge in [-0.2, -0.15) is 0 Å². The Bertz CT molecular complexity index is 1420. The van der Waals surface area contributed by atoms with E-state index in [1.165, 1.54) is 10.1 Å². The molecule has 0 radical (unpaired) electrons. The lowest BCUT2D eigenvalue weighted by molar-refractivity contribution is 0.179. The number of piperidine rings is 1. The van der Waals surface area contributed by atoms with Crippen molar-refractivity contribution < 1.29 is 4.74 Å². The Morgan fingerprint density at radius 1 is 0.882 bits per heavy atom. The minimum absolute atomic E-state index is 0.0314. The van der Waals surface area contributed by atoms with E-state index in [4.69, 9.17) is 4.74 Å². The summed E-state index contributed by atoms with van der Waals surface area (Å²) in [7, 11) is 1.63. The summed E-state index contributed by atoms with van der Waals surface area (Å²) in [6.07, 6.45) is 1.60. The zero-order valence-electron chi connectivity index (χ0n) is 19.5. The molecule has 3 heterocycles. The number of nitrogens with zero attached hydrogens (tertiary/aromatic N) is 4. The van der Waals surface area contributed by atoms with E-state index in [2.05, 4.69) is 22.0 Å². The van der Waals surface area contributed by atoms with Gasteiger partial charge >= 0.3 is 11.1 Å². The van der Waals surface area contributed by atoms with Gasteiger partial charge in [-0.05, 0) is 61.7 Å². The second kappa shape index (κ2) is 9.27. The number of pyridine rings is 1. The first-order valence-electron chi connectivity index (χ1n) is 11.6. The fraction of sp³-hybridized carbons (Fsp3) is 0.296. The van der Waals surface area contributed by atoms with Gasteiger partial charge in [0.1, 0.15) is 11.5 Å². The van der Waals surface area contributed by atoms with E-state index in [-0.39, 0.29) is 6.04 Å². The molecule has 1 aliphatic heterocycles. The number of likely N-dealkylation sites (tertiary alicyclic amines) is 1. The highest BCUT2D eigenvalue weighted by Crippen LogP contribution is 2.26. The van der Waals surface area contributed by atoms with Crippen LogP contribution in [0.3, 0.4) is 0 Å². The first-order valence-corrected chi connectivity index (χ1v) is 11.6. The van der Waals surface area contributed by atoms with Crippen molar-refractivity contribution in [2.24, 2.45) is 7.05 Å². The number of rotatable bonds is 5. The molecule has 7 heteroatoms. The van der Waals surface area contributed by atoms with Crippen molar-refractivity contribution in [2.75, 3.05) is 13.1 Å². The maximum Gasteiger partial charge on any atom is 0.318 e. The molecule has 0 saturated carbocycles. The first-order chi connectivity index (χ1) is 16.5. The highest BCUT2D eigenvalue weighted by atomic mass is 16.5. The van der Waals surface area contributed by atoms with E-state index >= 15 is 0 Å². The Morgan fingerprint density at radius 3 is 2.26 bits per heavy atom. The molecular weight excluding hydrogens is 428 g/mol. The number of fused-ring (bicyclic) bond motifs is 1. The molecule has 2 aromatic carbocycles. The monoisotopic (exact) mass is 456 g/mol. The van der Waals surface area contributed by atoms with E-state index in [0.29, 0.717) is 11.2 Å². The van der Waals surface area contributed by atoms with Crippen LogP contribution in [0.2, 0.25) is 0 Å². The Morgan fingerprint density at radius 2 is 1.56 bits per heavy atom. The van der Waals surface area contributed by atoms with Crippen LogP contribution < -0.4 is 15.9 Å². The van der Waals surface area contributed by atoms with Crippen molar-refractivity contribution >= 4 is 11.2 Å². The largest absolute Gasteiger partial charge is 0.457 e. The van der Waals surface area contributed by atoms with E-state index in [9.17, 15) is 9.59 Å². The number of aryl methyl sites for hydroxylation is 2. The summed E-state index contributed by atoms with van der Waals surface area (Å²) in [4.78, 5) is 32.5. The van der Waals surface area contributed by atoms with E-state index in [0.717, 1.165) is 49.7 Å². The zero-order chi connectivity index (χ0) is 23.7. The molecule has 2 aromatic heterocycles. The number of para-hydroxylation sites is 1. The fourth-order valence-corrected chi connectivity index (χ4v) is 4.65. The molecule has 7 nitrogen and oxygen atoms in total. The van der Waals surface area contributed by atoms with E-state index in [1.807, 2.05) is 61.5 Å². The predicted octanol–water partition coefficient (Wildman–Crippen LogP) is 4.03. The molecule has 174 valence electrons. The maximum atomic E-state index is 12.9. The van der Waals surface area contributed by atoms with Gasteiger partial charge in [0.25, 0.3) is 0 Å². The molecule has 1 saturated heterocycles. The lowest BCUT2D eigenvalue weighted by Crippen LogP contribution is -2.45. The molecule has 5 rings (SSSR count). The summed E-state index contributed by atoms with van der Waals surface area (Å²) in [6.45, 7) is 4.43. The number of hydrogen-bond acceptors (Lipinski definition) is 5. The molecule has 34 heavy (non-hydrogen) atoms. The van der Waals surface area contributed by atoms with Crippen molar-refractivity contribution in [3.8, 4) is 11.5 Å². The summed E-state index contributed by atoms with van der Waals surface area (Å²) in [5.41, 5.74) is 2.35. The first kappa shape index (κ1) is 22.1. The standard InChI is InChI=1S/C27H28N4O3/c1-19-8-13-24-25(28-19)31(27(33)26(32)29(24)2)21-14-16-30(17-15-21)18-20-9-11-23(12-10-20)34-22-6-4-3-5-7-22/h3-13,21H,14-18H2,1-2H3. The van der Waals surface area contributed by atoms with Crippen LogP contribution in [-0.4, -0.2) is 32.1 Å². The third-order valence-corrected chi connectivity index (χ3v) is 6.52. The predicted molar refractivity (Wildman–Crippen MR) is 132 cm³/mol. The molecule has 1 aliphatic rings. The third kappa shape index (κ3) is 4.39. The highest BCUT2D eigenvalue weighted by molar-refractivity contribution is 5.71. The van der Waals surface area contributed by atoms with Gasteiger partial charge in [-0.25, -0.2) is 4.98 Å². The molecule has 0 N–H and O–H groups in total. The fourth-order valence-electron chi connectivity index (χ4n) is 4.65. The average Bonchev–Trinajstić information content (AvgIpc) is 2.85. The van der Waals surface area contributed by atoms with Crippen molar-refractivity contribution in [3.63, 3.8) is 0 Å². The van der Waals surface area contributed by atoms with Crippen molar-refractivity contribution in [3.05, 3.63) is 98.7 Å². The van der Waals surface area contributed by atoms with Gasteiger partial charge < -0.3 is 9.30 Å². The number of hydrogen-bond donors (Lipinski definition) is 0. The van der Waals surface area contributed by atoms with Crippen LogP contribution >= 0.6 is 0 Å². The van der Waals surface area contributed by atoms with Crippen LogP contribution in [0.5, 0.6) is 11.5 Å². The second-order valence-corrected chi connectivity index (χ2v) is 8.90. The Labute approximate surface area is 197 Å². The third-order valence-electron chi connectivity index (χ3n) is 6.52. The second-order valence-electron chi connectivity index (χ2n) is 8.90. The van der Waals surface area contributed by atoms with Crippen LogP contribution in [0.1, 0.15) is 30.1 Å². The van der Waals surface area contributed by atoms with Crippen LogP contribution in [0.15, 0.2) is 76.3 Å². The minimum atomic E-state index is -0.501. The molecule has 0 atom stereocenters. The Balaban J connectivity index is 1.28. The summed E-state index contributed by atoms with van der Waals surface area (Å²) in [5.74, 6) is 1.63. The van der Waals surface area contributed by atoms with Gasteiger partial charge in [-0.15, -0.1) is 0 Å². The quantitative estimate of drug-likeness (QED) is 0.424. The molecule has 0 aliphatic carbocycles. The molecular formula is C27H28N4O3. The maximum absolute atomic E-state index is 12.9. The van der Waals surface area contributed by atoms with Crippen LogP contribution in [0.25, 0.3) is 11.2 Å². The number of ether oxygens (including phenoxy) is 1. The number of benzene rings is 2. The van der Waals surface area contributed by atoms with Crippen LogP contribution in [-0.2, 0) is 13.6 Å². The van der Waals surface area contributed by atoms with Crippen molar-refractivity contribution in [2.45, 2.75) is 32.4 Å². The summed E-state index contributed by atoms with van der Waals surface area (Å²) < 4.78 is 8.92. The Hall–Kier alpha value is -3.71. The summed E-state index contributed by atoms with van der Waals surface area (Å²) in [6, 6.07) is 21.6. The van der Waals surface area contributed by atoms with Crippen LogP contribution in [0, 0.1) is 6.92 Å². The van der Waals surface area contributed by atoms with Gasteiger partial charge in [0, 0.05) is 38.4 Å². The smallest absolute Gasteiger partial charge is 0.318 e. The van der Waals surface area contributed by atoms with E-state index < -0.39 is 11.1 Å². The summed E-state index contributed by atoms with van der Waals surface area (Å²) in [5, 5.41) is 0. The van der Waals surface area contributed by atoms with Gasteiger partial charge in [-0.3, -0.25) is 19.1 Å². The highest BCUT2D eigenvalue weighted by Gasteiger charge is 2.25. The normalized spacial score (nSPS) is 15.0. The Kier molecular flexibility index (Phi) is 6.02. The van der Waals surface area contributed by atoms with Gasteiger partial charge in [0.15, 0.2) is 5.65 Å². The average molecular weight is 457 g/mol. The van der Waals surface area contributed by atoms with Gasteiger partial charge in [-0.1, -0.05) is 30.3 Å². The van der Waals surface area contributed by atoms with Crippen LogP contribution in [0.4, 0.5) is 0 Å². The van der Waals surface area contributed by atoms with Crippen molar-refractivity contribution in [1.82, 2.24) is 19.0 Å². The molecule has 0 spiro atoms. The number of aromatic nitrogens is 3. The van der Waals surface area contributed by atoms with Gasteiger partial charge in [0.2, 0.25) is 0 Å².